The van der Waals surface area contributed by atoms with Crippen LogP contribution in [0.1, 0.15) is 26.3 Å². The first kappa shape index (κ1) is 14.6. The van der Waals surface area contributed by atoms with Crippen LogP contribution >= 0.6 is 0 Å². The van der Waals surface area contributed by atoms with Crippen LogP contribution in [0.3, 0.4) is 0 Å². The topological polar surface area (TPSA) is 46.1 Å². The van der Waals surface area contributed by atoms with E-state index >= 15 is 0 Å². The Kier molecular flexibility index (Phi) is 4.79. The van der Waals surface area contributed by atoms with Gasteiger partial charge in [0.1, 0.15) is 6.54 Å². The quantitative estimate of drug-likeness (QED) is 0.848. The molecule has 1 heterocycles. The molecular weight excluding hydrogens is 250 g/mol. The molecule has 20 heavy (non-hydrogen) atoms. The second-order valence-corrected chi connectivity index (χ2v) is 5.29. The van der Waals surface area contributed by atoms with Gasteiger partial charge >= 0.3 is 0 Å². The van der Waals surface area contributed by atoms with Crippen molar-refractivity contribution < 1.29 is 4.79 Å². The minimum Gasteiger partial charge on any atom is -0.355 e. The summed E-state index contributed by atoms with van der Waals surface area (Å²) < 4.78 is 2.03. The molecule has 0 spiro atoms. The highest BCUT2D eigenvalue weighted by molar-refractivity contribution is 5.85. The molecule has 2 N–H and O–H groups in total. The SMILES string of the molecule is CCNC(=O)Cn1ccc2cccc(CNC(C)C)c21. The number of para-hydroxylation sites is 1. The fraction of sp³-hybridized carbons (Fsp3) is 0.438. The maximum atomic E-state index is 11.8. The molecule has 0 aliphatic heterocycles. The zero-order valence-corrected chi connectivity index (χ0v) is 12.4. The molecule has 0 saturated heterocycles. The van der Waals surface area contributed by atoms with Gasteiger partial charge < -0.3 is 15.2 Å². The predicted molar refractivity (Wildman–Crippen MR) is 82.6 cm³/mol. The van der Waals surface area contributed by atoms with E-state index in [1.165, 1.54) is 10.9 Å². The van der Waals surface area contributed by atoms with Crippen molar-refractivity contribution in [3.8, 4) is 0 Å². The summed E-state index contributed by atoms with van der Waals surface area (Å²) >= 11 is 0. The van der Waals surface area contributed by atoms with Gasteiger partial charge in [0.15, 0.2) is 0 Å². The van der Waals surface area contributed by atoms with Crippen LogP contribution in [0.5, 0.6) is 0 Å². The van der Waals surface area contributed by atoms with Gasteiger partial charge in [-0.2, -0.15) is 0 Å². The summed E-state index contributed by atoms with van der Waals surface area (Å²) in [6, 6.07) is 8.77. The van der Waals surface area contributed by atoms with Crippen molar-refractivity contribution in [3.63, 3.8) is 0 Å². The Morgan fingerprint density at radius 1 is 1.30 bits per heavy atom. The molecule has 0 aliphatic carbocycles. The van der Waals surface area contributed by atoms with Crippen molar-refractivity contribution in [2.45, 2.75) is 39.9 Å². The second-order valence-electron chi connectivity index (χ2n) is 5.29. The van der Waals surface area contributed by atoms with Crippen LogP contribution in [0.25, 0.3) is 10.9 Å². The summed E-state index contributed by atoms with van der Waals surface area (Å²) in [5.74, 6) is 0.0524. The lowest BCUT2D eigenvalue weighted by molar-refractivity contribution is -0.121. The highest BCUT2D eigenvalue weighted by atomic mass is 16.1. The summed E-state index contributed by atoms with van der Waals surface area (Å²) in [6.07, 6.45) is 1.98. The fourth-order valence-corrected chi connectivity index (χ4v) is 2.34. The maximum absolute atomic E-state index is 11.8. The van der Waals surface area contributed by atoms with E-state index in [2.05, 4.69) is 48.7 Å². The fourth-order valence-electron chi connectivity index (χ4n) is 2.34. The molecule has 2 rings (SSSR count). The van der Waals surface area contributed by atoms with Crippen LogP contribution in [0.2, 0.25) is 0 Å². The Morgan fingerprint density at radius 3 is 2.80 bits per heavy atom. The monoisotopic (exact) mass is 273 g/mol. The number of fused-ring (bicyclic) bond motifs is 1. The number of amides is 1. The zero-order chi connectivity index (χ0) is 14.5. The van der Waals surface area contributed by atoms with Crippen LogP contribution in [0.15, 0.2) is 30.5 Å². The Labute approximate surface area is 120 Å². The lowest BCUT2D eigenvalue weighted by Crippen LogP contribution is -2.27. The molecule has 0 radical (unpaired) electrons. The van der Waals surface area contributed by atoms with Crippen molar-refractivity contribution in [2.75, 3.05) is 6.54 Å². The third-order valence-corrected chi connectivity index (χ3v) is 3.26. The van der Waals surface area contributed by atoms with Gasteiger partial charge in [-0.05, 0) is 23.9 Å². The molecule has 0 bridgehead atoms. The lowest BCUT2D eigenvalue weighted by atomic mass is 10.1. The molecule has 0 unspecified atom stereocenters. The molecule has 0 saturated carbocycles. The average Bonchev–Trinajstić information content (AvgIpc) is 2.80. The minimum atomic E-state index is 0.0524. The van der Waals surface area contributed by atoms with E-state index in [1.807, 2.05) is 17.7 Å². The van der Waals surface area contributed by atoms with Crippen LogP contribution in [0.4, 0.5) is 0 Å². The standard InChI is InChI=1S/C16H23N3O/c1-4-17-15(20)11-19-9-8-13-6-5-7-14(16(13)19)10-18-12(2)3/h5-9,12,18H,4,10-11H2,1-3H3,(H,17,20). The van der Waals surface area contributed by atoms with E-state index in [9.17, 15) is 4.79 Å². The van der Waals surface area contributed by atoms with Crippen molar-refractivity contribution in [2.24, 2.45) is 0 Å². The Bertz CT molecular complexity index is 586. The number of aromatic nitrogens is 1. The lowest BCUT2D eigenvalue weighted by Gasteiger charge is -2.12. The van der Waals surface area contributed by atoms with E-state index in [0.717, 1.165) is 12.1 Å². The molecule has 1 aromatic carbocycles. The summed E-state index contributed by atoms with van der Waals surface area (Å²) in [5, 5.41) is 7.46. The Hall–Kier alpha value is -1.81. The van der Waals surface area contributed by atoms with Gasteiger partial charge in [0, 0.05) is 25.3 Å². The number of carbonyl (C=O) groups is 1. The van der Waals surface area contributed by atoms with Crippen molar-refractivity contribution in [1.29, 1.82) is 0 Å². The van der Waals surface area contributed by atoms with Crippen molar-refractivity contribution in [3.05, 3.63) is 36.0 Å². The molecule has 108 valence electrons. The molecule has 0 fully saturated rings. The number of carbonyl (C=O) groups excluding carboxylic acids is 1. The van der Waals surface area contributed by atoms with Gasteiger partial charge in [-0.15, -0.1) is 0 Å². The van der Waals surface area contributed by atoms with Crippen LogP contribution in [-0.2, 0) is 17.9 Å². The normalized spacial score (nSPS) is 11.2. The number of nitrogens with zero attached hydrogens (tertiary/aromatic N) is 1. The van der Waals surface area contributed by atoms with E-state index in [4.69, 9.17) is 0 Å². The average molecular weight is 273 g/mol. The van der Waals surface area contributed by atoms with E-state index in [1.54, 1.807) is 0 Å². The van der Waals surface area contributed by atoms with E-state index in [0.29, 0.717) is 19.1 Å². The van der Waals surface area contributed by atoms with Crippen LogP contribution in [0, 0.1) is 0 Å². The van der Waals surface area contributed by atoms with Gasteiger partial charge in [0.05, 0.1) is 5.52 Å². The first-order valence-corrected chi connectivity index (χ1v) is 7.18. The number of benzene rings is 1. The zero-order valence-electron chi connectivity index (χ0n) is 12.4. The summed E-state index contributed by atoms with van der Waals surface area (Å²) in [5.41, 5.74) is 2.37. The molecule has 2 aromatic rings. The Balaban J connectivity index is 2.28. The molecule has 1 aromatic heterocycles. The van der Waals surface area contributed by atoms with Gasteiger partial charge in [-0.3, -0.25) is 4.79 Å². The van der Waals surface area contributed by atoms with E-state index < -0.39 is 0 Å². The molecule has 0 aliphatic rings. The van der Waals surface area contributed by atoms with Crippen molar-refractivity contribution in [1.82, 2.24) is 15.2 Å². The first-order valence-electron chi connectivity index (χ1n) is 7.18. The predicted octanol–water partition coefficient (Wildman–Crippen LogP) is 2.28. The van der Waals surface area contributed by atoms with Gasteiger partial charge in [0.25, 0.3) is 0 Å². The molecular formula is C16H23N3O. The summed E-state index contributed by atoms with van der Waals surface area (Å²) in [4.78, 5) is 11.8. The molecule has 4 heteroatoms. The highest BCUT2D eigenvalue weighted by Crippen LogP contribution is 2.20. The number of rotatable bonds is 6. The largest absolute Gasteiger partial charge is 0.355 e. The van der Waals surface area contributed by atoms with Gasteiger partial charge in [-0.1, -0.05) is 32.0 Å². The highest BCUT2D eigenvalue weighted by Gasteiger charge is 2.09. The summed E-state index contributed by atoms with van der Waals surface area (Å²) in [7, 11) is 0. The van der Waals surface area contributed by atoms with Gasteiger partial charge in [-0.25, -0.2) is 0 Å². The van der Waals surface area contributed by atoms with Gasteiger partial charge in [0.2, 0.25) is 5.91 Å². The third-order valence-electron chi connectivity index (χ3n) is 3.26. The molecule has 0 atom stereocenters. The van der Waals surface area contributed by atoms with Crippen LogP contribution in [-0.4, -0.2) is 23.1 Å². The summed E-state index contributed by atoms with van der Waals surface area (Å²) in [6.45, 7) is 8.05. The smallest absolute Gasteiger partial charge is 0.239 e. The number of likely N-dealkylation sites (N-methyl/N-ethyl adjacent to an activating group) is 1. The molecule has 1 amide bonds. The maximum Gasteiger partial charge on any atom is 0.239 e. The van der Waals surface area contributed by atoms with Crippen LogP contribution < -0.4 is 10.6 Å². The second kappa shape index (κ2) is 6.57. The third kappa shape index (κ3) is 3.39. The Morgan fingerprint density at radius 2 is 2.10 bits per heavy atom. The first-order chi connectivity index (χ1) is 9.61. The molecule has 4 nitrogen and oxygen atoms in total. The van der Waals surface area contributed by atoms with E-state index in [-0.39, 0.29) is 5.91 Å². The van der Waals surface area contributed by atoms with Crippen molar-refractivity contribution >= 4 is 16.8 Å². The number of hydrogen-bond donors (Lipinski definition) is 2. The number of hydrogen-bond acceptors (Lipinski definition) is 2. The minimum absolute atomic E-state index is 0.0524. The number of nitrogens with one attached hydrogen (secondary N) is 2.